The Labute approximate surface area is 130 Å². The molecule has 2 aromatic heterocycles. The molecule has 0 radical (unpaired) electrons. The van der Waals surface area contributed by atoms with Crippen molar-refractivity contribution in [1.82, 2.24) is 19.6 Å². The van der Waals surface area contributed by atoms with Crippen molar-refractivity contribution < 1.29 is 4.39 Å². The molecule has 2 aromatic carbocycles. The molecule has 0 aliphatic rings. The largest absolute Gasteiger partial charge is 0.272 e. The van der Waals surface area contributed by atoms with Crippen LogP contribution in [-0.4, -0.2) is 19.6 Å². The van der Waals surface area contributed by atoms with Crippen LogP contribution in [0.5, 0.6) is 0 Å². The van der Waals surface area contributed by atoms with Crippen molar-refractivity contribution in [2.24, 2.45) is 0 Å². The maximum atomic E-state index is 13.5. The first-order chi connectivity index (χ1) is 10.6. The van der Waals surface area contributed by atoms with E-state index in [1.807, 2.05) is 29.5 Å². The molecule has 0 unspecified atom stereocenters. The molecule has 4 rings (SSSR count). The van der Waals surface area contributed by atoms with E-state index < -0.39 is 0 Å². The fraction of sp³-hybridized carbons (Fsp3) is 0.0625. The van der Waals surface area contributed by atoms with E-state index in [4.69, 9.17) is 11.6 Å². The summed E-state index contributed by atoms with van der Waals surface area (Å²) >= 11 is 6.28. The molecule has 0 N–H and O–H groups in total. The molecule has 0 saturated carbocycles. The molecule has 0 aliphatic heterocycles. The van der Waals surface area contributed by atoms with Crippen molar-refractivity contribution >= 4 is 28.3 Å². The normalized spacial score (nSPS) is 11.4. The van der Waals surface area contributed by atoms with Crippen molar-refractivity contribution in [3.05, 3.63) is 59.0 Å². The third kappa shape index (κ3) is 1.86. The van der Waals surface area contributed by atoms with Gasteiger partial charge in [-0.15, -0.1) is 10.2 Å². The molecular weight excluding hydrogens is 303 g/mol. The molecule has 0 atom stereocenters. The lowest BCUT2D eigenvalue weighted by molar-refractivity contribution is 0.629. The summed E-state index contributed by atoms with van der Waals surface area (Å²) in [6.07, 6.45) is 0. The van der Waals surface area contributed by atoms with Gasteiger partial charge in [0, 0.05) is 11.6 Å². The molecule has 0 bridgehead atoms. The Bertz CT molecular complexity index is 1030. The van der Waals surface area contributed by atoms with E-state index in [1.165, 1.54) is 12.1 Å². The quantitative estimate of drug-likeness (QED) is 0.532. The summed E-state index contributed by atoms with van der Waals surface area (Å²) < 4.78 is 15.3. The molecule has 0 saturated heterocycles. The number of halogens is 2. The Balaban J connectivity index is 2.18. The second-order valence-corrected chi connectivity index (χ2v) is 5.40. The summed E-state index contributed by atoms with van der Waals surface area (Å²) in [5, 5.41) is 9.05. The zero-order chi connectivity index (χ0) is 15.3. The van der Waals surface area contributed by atoms with Crippen molar-refractivity contribution in [3.8, 4) is 11.4 Å². The van der Waals surface area contributed by atoms with Crippen LogP contribution in [0, 0.1) is 12.7 Å². The van der Waals surface area contributed by atoms with Crippen LogP contribution in [0.15, 0.2) is 42.5 Å². The van der Waals surface area contributed by atoms with Gasteiger partial charge in [-0.3, -0.25) is 4.40 Å². The van der Waals surface area contributed by atoms with Gasteiger partial charge in [-0.2, -0.15) is 0 Å². The number of nitrogens with zero attached hydrogens (tertiary/aromatic N) is 4. The summed E-state index contributed by atoms with van der Waals surface area (Å²) in [6.45, 7) is 1.82. The van der Waals surface area contributed by atoms with Crippen LogP contribution in [0.3, 0.4) is 0 Å². The number of rotatable bonds is 1. The van der Waals surface area contributed by atoms with Gasteiger partial charge in [0.2, 0.25) is 0 Å². The minimum atomic E-state index is -0.328. The van der Waals surface area contributed by atoms with E-state index in [9.17, 15) is 4.39 Å². The fourth-order valence-corrected chi connectivity index (χ4v) is 2.79. The third-order valence-electron chi connectivity index (χ3n) is 3.57. The molecular formula is C16H10ClFN4. The van der Waals surface area contributed by atoms with Crippen LogP contribution in [0.1, 0.15) is 5.69 Å². The molecule has 6 heteroatoms. The minimum absolute atomic E-state index is 0.328. The van der Waals surface area contributed by atoms with Gasteiger partial charge >= 0.3 is 0 Å². The summed E-state index contributed by atoms with van der Waals surface area (Å²) in [6, 6.07) is 11.9. The second kappa shape index (κ2) is 4.74. The monoisotopic (exact) mass is 312 g/mol. The van der Waals surface area contributed by atoms with Gasteiger partial charge in [-0.1, -0.05) is 23.7 Å². The first kappa shape index (κ1) is 13.2. The number of benzene rings is 2. The van der Waals surface area contributed by atoms with E-state index in [1.54, 1.807) is 12.1 Å². The van der Waals surface area contributed by atoms with Gasteiger partial charge < -0.3 is 0 Å². The molecule has 22 heavy (non-hydrogen) atoms. The average molecular weight is 313 g/mol. The van der Waals surface area contributed by atoms with E-state index in [2.05, 4.69) is 15.2 Å². The van der Waals surface area contributed by atoms with Gasteiger partial charge in [0.05, 0.1) is 21.7 Å². The third-order valence-corrected chi connectivity index (χ3v) is 3.90. The van der Waals surface area contributed by atoms with Gasteiger partial charge in [0.25, 0.3) is 0 Å². The molecule has 0 spiro atoms. The number of aromatic nitrogens is 4. The van der Waals surface area contributed by atoms with Crippen molar-refractivity contribution in [3.63, 3.8) is 0 Å². The highest BCUT2D eigenvalue weighted by molar-refractivity contribution is 6.33. The molecule has 4 aromatic rings. The molecule has 4 nitrogen and oxygen atoms in total. The summed E-state index contributed by atoms with van der Waals surface area (Å²) in [5.74, 6) is 0.286. The molecule has 0 fully saturated rings. The summed E-state index contributed by atoms with van der Waals surface area (Å²) in [4.78, 5) is 4.40. The predicted octanol–water partition coefficient (Wildman–Crippen LogP) is 4.05. The van der Waals surface area contributed by atoms with E-state index in [-0.39, 0.29) is 5.82 Å². The Morgan fingerprint density at radius 1 is 1.09 bits per heavy atom. The van der Waals surface area contributed by atoms with Crippen molar-refractivity contribution in [1.29, 1.82) is 0 Å². The highest BCUT2D eigenvalue weighted by atomic mass is 35.5. The Morgan fingerprint density at radius 2 is 1.91 bits per heavy atom. The van der Waals surface area contributed by atoms with E-state index in [0.717, 1.165) is 11.1 Å². The lowest BCUT2D eigenvalue weighted by Gasteiger charge is -2.07. The number of fused-ring (bicyclic) bond motifs is 3. The van der Waals surface area contributed by atoms with Crippen LogP contribution in [0.2, 0.25) is 5.02 Å². The van der Waals surface area contributed by atoms with Crippen LogP contribution >= 0.6 is 11.6 Å². The Kier molecular flexibility index (Phi) is 2.84. The zero-order valence-corrected chi connectivity index (χ0v) is 12.3. The highest BCUT2D eigenvalue weighted by Crippen LogP contribution is 2.29. The zero-order valence-electron chi connectivity index (χ0n) is 11.6. The minimum Gasteiger partial charge on any atom is -0.272 e. The maximum absolute atomic E-state index is 13.5. The van der Waals surface area contributed by atoms with E-state index >= 15 is 0 Å². The molecule has 108 valence electrons. The predicted molar refractivity (Wildman–Crippen MR) is 83.4 cm³/mol. The SMILES string of the molecule is Cc1nc2cc(F)ccc2n2c(-c3ccccc3Cl)nnc12. The van der Waals surface area contributed by atoms with Crippen LogP contribution < -0.4 is 0 Å². The summed E-state index contributed by atoms with van der Waals surface area (Å²) in [7, 11) is 0. The maximum Gasteiger partial charge on any atom is 0.183 e. The fourth-order valence-electron chi connectivity index (χ4n) is 2.57. The van der Waals surface area contributed by atoms with Gasteiger partial charge in [-0.25, -0.2) is 9.37 Å². The van der Waals surface area contributed by atoms with Gasteiger partial charge in [-0.05, 0) is 31.2 Å². The first-order valence-corrected chi connectivity index (χ1v) is 7.09. The van der Waals surface area contributed by atoms with E-state index in [0.29, 0.717) is 27.7 Å². The van der Waals surface area contributed by atoms with Gasteiger partial charge in [0.15, 0.2) is 11.5 Å². The topological polar surface area (TPSA) is 43.1 Å². The lowest BCUT2D eigenvalue weighted by atomic mass is 10.2. The van der Waals surface area contributed by atoms with Crippen LogP contribution in [0.4, 0.5) is 4.39 Å². The summed E-state index contributed by atoms with van der Waals surface area (Å²) in [5.41, 5.74) is 3.38. The van der Waals surface area contributed by atoms with Crippen molar-refractivity contribution in [2.45, 2.75) is 6.92 Å². The van der Waals surface area contributed by atoms with Gasteiger partial charge in [0.1, 0.15) is 5.82 Å². The molecule has 0 aliphatic carbocycles. The van der Waals surface area contributed by atoms with Crippen LogP contribution in [-0.2, 0) is 0 Å². The second-order valence-electron chi connectivity index (χ2n) is 4.99. The standard InChI is InChI=1S/C16H10ClFN4/c1-9-15-20-21-16(11-4-2-3-5-12(11)17)22(15)14-7-6-10(18)8-13(14)19-9/h2-8H,1H3. The lowest BCUT2D eigenvalue weighted by Crippen LogP contribution is -1.98. The highest BCUT2D eigenvalue weighted by Gasteiger charge is 2.16. The Morgan fingerprint density at radius 3 is 2.73 bits per heavy atom. The molecule has 2 heterocycles. The van der Waals surface area contributed by atoms with Crippen LogP contribution in [0.25, 0.3) is 28.1 Å². The first-order valence-electron chi connectivity index (χ1n) is 6.71. The van der Waals surface area contributed by atoms with Crippen molar-refractivity contribution in [2.75, 3.05) is 0 Å². The number of aryl methyl sites for hydroxylation is 1. The number of hydrogen-bond acceptors (Lipinski definition) is 3. The Hall–Kier alpha value is -2.53. The number of hydrogen-bond donors (Lipinski definition) is 0. The average Bonchev–Trinajstić information content (AvgIpc) is 2.93. The smallest absolute Gasteiger partial charge is 0.183 e. The molecule has 0 amide bonds.